The Kier molecular flexibility index (Phi) is 5.18. The quantitative estimate of drug-likeness (QED) is 0.753. The molecule has 1 aromatic carbocycles. The highest BCUT2D eigenvalue weighted by molar-refractivity contribution is 6.11. The number of hydrogen-bond acceptors (Lipinski definition) is 5. The Labute approximate surface area is 161 Å². The first-order valence-electron chi connectivity index (χ1n) is 9.57. The first-order valence-corrected chi connectivity index (χ1v) is 9.57. The van der Waals surface area contributed by atoms with Crippen LogP contribution in [0.25, 0.3) is 5.57 Å². The number of hydrogen-bond donors (Lipinski definition) is 2. The van der Waals surface area contributed by atoms with Crippen molar-refractivity contribution in [3.05, 3.63) is 29.5 Å². The van der Waals surface area contributed by atoms with Crippen molar-refractivity contribution >= 4 is 23.4 Å². The summed E-state index contributed by atoms with van der Waals surface area (Å²) in [5.41, 5.74) is 14.2. The van der Waals surface area contributed by atoms with E-state index in [1.54, 1.807) is 20.0 Å². The van der Waals surface area contributed by atoms with Crippen LogP contribution in [-0.4, -0.2) is 36.9 Å². The maximum absolute atomic E-state index is 11.9. The molecule has 1 aliphatic carbocycles. The smallest absolute Gasteiger partial charge is 0.261 e. The molecule has 0 aromatic heterocycles. The zero-order chi connectivity index (χ0) is 19.8. The van der Waals surface area contributed by atoms with E-state index in [1.807, 2.05) is 12.3 Å². The number of carbonyl (C=O) groups is 1. The normalized spacial score (nSPS) is 20.7. The minimum atomic E-state index is -1.13. The van der Waals surface area contributed by atoms with Crippen molar-refractivity contribution in [3.8, 4) is 5.75 Å². The Morgan fingerprint density at radius 3 is 2.63 bits per heavy atom. The van der Waals surface area contributed by atoms with Gasteiger partial charge in [0.25, 0.3) is 5.91 Å². The number of nitrogens with two attached hydrogens (primary N) is 2. The molecule has 1 unspecified atom stereocenters. The number of benzene rings is 1. The highest BCUT2D eigenvalue weighted by Crippen LogP contribution is 2.41. The molecule has 0 radical (unpaired) electrons. The molecule has 1 heterocycles. The molecule has 2 aliphatic rings. The molecule has 3 rings (SSSR count). The van der Waals surface area contributed by atoms with Gasteiger partial charge in [-0.2, -0.15) is 0 Å². The van der Waals surface area contributed by atoms with E-state index in [9.17, 15) is 4.79 Å². The second-order valence-electron chi connectivity index (χ2n) is 8.05. The lowest BCUT2D eigenvalue weighted by Gasteiger charge is -2.36. The fourth-order valence-corrected chi connectivity index (χ4v) is 3.23. The Bertz CT molecular complexity index is 794. The van der Waals surface area contributed by atoms with Crippen LogP contribution < -0.4 is 21.1 Å². The first-order chi connectivity index (χ1) is 12.7. The van der Waals surface area contributed by atoms with Crippen LogP contribution in [0.2, 0.25) is 0 Å². The average Bonchev–Trinajstić information content (AvgIpc) is 3.44. The van der Waals surface area contributed by atoms with Crippen molar-refractivity contribution in [1.29, 1.82) is 0 Å². The Hall–Kier alpha value is -2.50. The number of rotatable bonds is 6. The van der Waals surface area contributed by atoms with Gasteiger partial charge in [0, 0.05) is 47.9 Å². The van der Waals surface area contributed by atoms with Crippen molar-refractivity contribution in [2.45, 2.75) is 64.1 Å². The van der Waals surface area contributed by atoms with Crippen LogP contribution in [0.1, 0.15) is 51.2 Å². The number of fused-ring (bicyclic) bond motifs is 1. The highest BCUT2D eigenvalue weighted by Gasteiger charge is 2.32. The van der Waals surface area contributed by atoms with Gasteiger partial charge in [-0.05, 0) is 58.6 Å². The van der Waals surface area contributed by atoms with E-state index in [0.29, 0.717) is 17.8 Å². The van der Waals surface area contributed by atoms with Crippen LogP contribution in [0.5, 0.6) is 5.75 Å². The van der Waals surface area contributed by atoms with Gasteiger partial charge >= 0.3 is 0 Å². The number of ether oxygens (including phenoxy) is 1. The predicted octanol–water partition coefficient (Wildman–Crippen LogP) is 2.63. The molecule has 6 heteroatoms. The van der Waals surface area contributed by atoms with Crippen LogP contribution in [0.4, 0.5) is 5.69 Å². The number of allylic oxidation sites excluding steroid dienone is 1. The number of anilines is 1. The summed E-state index contributed by atoms with van der Waals surface area (Å²) in [6.45, 7) is 5.59. The molecule has 0 spiro atoms. The zero-order valence-corrected chi connectivity index (χ0v) is 16.7. The van der Waals surface area contributed by atoms with E-state index < -0.39 is 11.5 Å². The van der Waals surface area contributed by atoms with Gasteiger partial charge in [0.05, 0.1) is 6.04 Å². The van der Waals surface area contributed by atoms with Crippen LogP contribution >= 0.6 is 0 Å². The van der Waals surface area contributed by atoms with E-state index in [2.05, 4.69) is 29.9 Å². The van der Waals surface area contributed by atoms with Crippen LogP contribution in [-0.2, 0) is 11.2 Å². The number of aliphatic imine (C=N–C) groups is 1. The van der Waals surface area contributed by atoms with Gasteiger partial charge < -0.3 is 21.1 Å². The van der Waals surface area contributed by atoms with Crippen molar-refractivity contribution in [3.63, 3.8) is 0 Å². The monoisotopic (exact) mass is 370 g/mol. The molecule has 27 heavy (non-hydrogen) atoms. The third-order valence-corrected chi connectivity index (χ3v) is 5.50. The molecule has 1 fully saturated rings. The summed E-state index contributed by atoms with van der Waals surface area (Å²) in [6, 6.07) is 4.94. The first kappa shape index (κ1) is 19.3. The largest absolute Gasteiger partial charge is 0.477 e. The fraction of sp³-hybridized carbons (Fsp3) is 0.524. The summed E-state index contributed by atoms with van der Waals surface area (Å²) in [5.74, 6) is 0.169. The van der Waals surface area contributed by atoms with Gasteiger partial charge in [0.1, 0.15) is 5.75 Å². The number of nitrogens with zero attached hydrogens (tertiary/aromatic N) is 2. The minimum absolute atomic E-state index is 0.399. The Morgan fingerprint density at radius 2 is 2.04 bits per heavy atom. The summed E-state index contributed by atoms with van der Waals surface area (Å²) in [7, 11) is 2.08. The maximum atomic E-state index is 11.9. The molecule has 1 amide bonds. The Morgan fingerprint density at radius 1 is 1.33 bits per heavy atom. The van der Waals surface area contributed by atoms with E-state index in [0.717, 1.165) is 48.1 Å². The molecule has 0 saturated heterocycles. The highest BCUT2D eigenvalue weighted by atomic mass is 16.5. The number of carbonyl (C=O) groups excluding carboxylic acids is 1. The van der Waals surface area contributed by atoms with Crippen LogP contribution in [0.15, 0.2) is 23.3 Å². The van der Waals surface area contributed by atoms with Gasteiger partial charge in [-0.25, -0.2) is 0 Å². The summed E-state index contributed by atoms with van der Waals surface area (Å²) in [6.07, 6.45) is 7.50. The lowest BCUT2D eigenvalue weighted by Crippen LogP contribution is -2.44. The molecular formula is C21H30N4O2. The summed E-state index contributed by atoms with van der Waals surface area (Å²) in [4.78, 5) is 18.7. The third kappa shape index (κ3) is 3.94. The maximum Gasteiger partial charge on any atom is 0.261 e. The van der Waals surface area contributed by atoms with Crippen molar-refractivity contribution in [2.24, 2.45) is 16.5 Å². The predicted molar refractivity (Wildman–Crippen MR) is 110 cm³/mol. The number of primary amides is 1. The summed E-state index contributed by atoms with van der Waals surface area (Å²) < 4.78 is 6.22. The molecule has 146 valence electrons. The molecule has 6 nitrogen and oxygen atoms in total. The zero-order valence-electron chi connectivity index (χ0n) is 16.7. The summed E-state index contributed by atoms with van der Waals surface area (Å²) in [5, 5.41) is 0. The van der Waals surface area contributed by atoms with Gasteiger partial charge in [-0.3, -0.25) is 9.79 Å². The van der Waals surface area contributed by atoms with E-state index in [-0.39, 0.29) is 0 Å². The van der Waals surface area contributed by atoms with Crippen LogP contribution in [0.3, 0.4) is 0 Å². The van der Waals surface area contributed by atoms with Crippen molar-refractivity contribution in [1.82, 2.24) is 0 Å². The van der Waals surface area contributed by atoms with E-state index in [4.69, 9.17) is 16.2 Å². The average molecular weight is 370 g/mol. The second kappa shape index (κ2) is 7.25. The molecule has 4 N–H and O–H groups in total. The van der Waals surface area contributed by atoms with E-state index in [1.165, 1.54) is 0 Å². The van der Waals surface area contributed by atoms with E-state index >= 15 is 0 Å². The standard InChI is InChI=1S/C21H30N4O2/c1-13-5-8-17-18(25(13)4)10-9-16(14(11-22)12-24-15-6-7-15)19(17)27-21(2,3)20(23)26/h9-13,15H,5-8,22H2,1-4H3,(H2,23,26). The third-order valence-electron chi connectivity index (χ3n) is 5.50. The fourth-order valence-electron chi connectivity index (χ4n) is 3.23. The molecule has 1 atom stereocenters. The second-order valence-corrected chi connectivity index (χ2v) is 8.05. The lowest BCUT2D eigenvalue weighted by atomic mass is 9.92. The molecule has 0 bridgehead atoms. The van der Waals surface area contributed by atoms with Crippen molar-refractivity contribution < 1.29 is 9.53 Å². The molecule has 1 aromatic rings. The molecule has 1 saturated carbocycles. The number of amides is 1. The van der Waals surface area contributed by atoms with Gasteiger partial charge in [0.15, 0.2) is 5.60 Å². The SMILES string of the molecule is CC1CCc2c(ccc(C(C=NC3CC3)=CN)c2OC(C)(C)C(N)=O)N1C. The van der Waals surface area contributed by atoms with Gasteiger partial charge in [-0.1, -0.05) is 0 Å². The molecular weight excluding hydrogens is 340 g/mol. The molecule has 1 aliphatic heterocycles. The van der Waals surface area contributed by atoms with Crippen molar-refractivity contribution in [2.75, 3.05) is 11.9 Å². The minimum Gasteiger partial charge on any atom is -0.477 e. The topological polar surface area (TPSA) is 93.9 Å². The Balaban J connectivity index is 2.10. The van der Waals surface area contributed by atoms with Gasteiger partial charge in [0.2, 0.25) is 0 Å². The van der Waals surface area contributed by atoms with Crippen LogP contribution in [0, 0.1) is 0 Å². The van der Waals surface area contributed by atoms with Gasteiger partial charge in [-0.15, -0.1) is 0 Å². The lowest BCUT2D eigenvalue weighted by molar-refractivity contribution is -0.130. The summed E-state index contributed by atoms with van der Waals surface area (Å²) >= 11 is 0.